The zero-order chi connectivity index (χ0) is 22.2. The van der Waals surface area contributed by atoms with Gasteiger partial charge in [-0.3, -0.25) is 14.5 Å². The topological polar surface area (TPSA) is 79.3 Å². The molecule has 8 heteroatoms. The van der Waals surface area contributed by atoms with Crippen LogP contribution in [0.15, 0.2) is 41.3 Å². The van der Waals surface area contributed by atoms with E-state index in [2.05, 4.69) is 4.90 Å². The predicted octanol–water partition coefficient (Wildman–Crippen LogP) is 2.83. The van der Waals surface area contributed by atoms with Crippen molar-refractivity contribution >= 4 is 28.8 Å². The molecule has 168 valence electrons. The first kappa shape index (κ1) is 21.2. The van der Waals surface area contributed by atoms with Gasteiger partial charge in [-0.25, -0.2) is 0 Å². The Hall–Kier alpha value is -2.68. The Morgan fingerprint density at radius 2 is 2.00 bits per heavy atom. The fourth-order valence-corrected chi connectivity index (χ4v) is 5.50. The molecule has 0 aliphatic carbocycles. The Morgan fingerprint density at radius 3 is 2.75 bits per heavy atom. The van der Waals surface area contributed by atoms with E-state index in [1.807, 2.05) is 36.6 Å². The largest absolute Gasteiger partial charge is 0.507 e. The van der Waals surface area contributed by atoms with Crippen molar-refractivity contribution in [1.29, 1.82) is 0 Å². The van der Waals surface area contributed by atoms with Crippen molar-refractivity contribution in [1.82, 2.24) is 9.80 Å². The lowest BCUT2D eigenvalue weighted by Gasteiger charge is -2.30. The molecule has 2 fully saturated rings. The lowest BCUT2D eigenvalue weighted by molar-refractivity contribution is -0.140. The molecule has 0 unspecified atom stereocenters. The van der Waals surface area contributed by atoms with Crippen LogP contribution in [0, 0.1) is 0 Å². The van der Waals surface area contributed by atoms with Crippen LogP contribution in [0.4, 0.5) is 0 Å². The molecule has 1 aromatic carbocycles. The summed E-state index contributed by atoms with van der Waals surface area (Å²) in [5.41, 5.74) is 1.69. The fourth-order valence-electron chi connectivity index (χ4n) is 4.65. The Bertz CT molecular complexity index is 1060. The van der Waals surface area contributed by atoms with Gasteiger partial charge in [0.2, 0.25) is 0 Å². The maximum absolute atomic E-state index is 13.1. The number of aliphatic hydroxyl groups excluding tert-OH is 1. The molecule has 0 bridgehead atoms. The molecule has 3 aliphatic rings. The van der Waals surface area contributed by atoms with Gasteiger partial charge in [0, 0.05) is 43.0 Å². The first-order chi connectivity index (χ1) is 15.5. The number of benzene rings is 1. The average Bonchev–Trinajstić information content (AvgIpc) is 3.51. The van der Waals surface area contributed by atoms with Crippen LogP contribution in [0.1, 0.15) is 29.0 Å². The molecule has 0 spiro atoms. The highest BCUT2D eigenvalue weighted by atomic mass is 32.1. The number of hydrogen-bond acceptors (Lipinski definition) is 7. The number of morpholine rings is 1. The van der Waals surface area contributed by atoms with Crippen LogP contribution in [0.2, 0.25) is 0 Å². The second-order valence-electron chi connectivity index (χ2n) is 8.42. The van der Waals surface area contributed by atoms with E-state index in [1.54, 1.807) is 11.0 Å². The number of amides is 1. The lowest BCUT2D eigenvalue weighted by atomic mass is 9.98. The number of thiophene rings is 1. The number of carbonyl (C=O) groups is 2. The number of aliphatic hydroxyl groups is 1. The van der Waals surface area contributed by atoms with E-state index >= 15 is 0 Å². The Labute approximate surface area is 190 Å². The summed E-state index contributed by atoms with van der Waals surface area (Å²) >= 11 is 1.48. The molecule has 2 atom stereocenters. The van der Waals surface area contributed by atoms with Gasteiger partial charge >= 0.3 is 0 Å². The summed E-state index contributed by atoms with van der Waals surface area (Å²) in [6.45, 7) is 6.04. The Morgan fingerprint density at radius 1 is 1.19 bits per heavy atom. The van der Waals surface area contributed by atoms with Crippen molar-refractivity contribution in [3.05, 3.63) is 57.3 Å². The predicted molar refractivity (Wildman–Crippen MR) is 121 cm³/mol. The van der Waals surface area contributed by atoms with Crippen molar-refractivity contribution in [2.24, 2.45) is 0 Å². The average molecular weight is 455 g/mol. The van der Waals surface area contributed by atoms with E-state index in [-0.39, 0.29) is 17.4 Å². The van der Waals surface area contributed by atoms with Crippen LogP contribution in [-0.4, -0.2) is 72.1 Å². The molecule has 0 radical (unpaired) electrons. The van der Waals surface area contributed by atoms with E-state index in [1.165, 1.54) is 11.3 Å². The maximum atomic E-state index is 13.1. The number of likely N-dealkylation sites (tertiary alicyclic amines) is 1. The van der Waals surface area contributed by atoms with Gasteiger partial charge in [0.1, 0.15) is 17.6 Å². The number of carbonyl (C=O) groups excluding carboxylic acids is 2. The van der Waals surface area contributed by atoms with Crippen LogP contribution in [-0.2, 0) is 20.7 Å². The number of rotatable bonds is 5. The van der Waals surface area contributed by atoms with E-state index < -0.39 is 17.7 Å². The second-order valence-corrected chi connectivity index (χ2v) is 9.40. The van der Waals surface area contributed by atoms with Gasteiger partial charge in [-0.05, 0) is 42.1 Å². The summed E-state index contributed by atoms with van der Waals surface area (Å²) in [4.78, 5) is 30.8. The van der Waals surface area contributed by atoms with Gasteiger partial charge in [-0.1, -0.05) is 6.07 Å². The minimum absolute atomic E-state index is 0.0827. The number of Topliss-reactive ketones (excluding diaryl/α,β-unsaturated/α-hetero) is 1. The van der Waals surface area contributed by atoms with Crippen LogP contribution < -0.4 is 4.74 Å². The molecule has 0 saturated carbocycles. The zero-order valence-electron chi connectivity index (χ0n) is 18.0. The molecular weight excluding hydrogens is 428 g/mol. The summed E-state index contributed by atoms with van der Waals surface area (Å²) < 4.78 is 11.2. The highest BCUT2D eigenvalue weighted by Gasteiger charge is 2.46. The smallest absolute Gasteiger partial charge is 0.295 e. The van der Waals surface area contributed by atoms with Crippen LogP contribution in [0.25, 0.3) is 5.76 Å². The number of ketones is 1. The number of hydrogen-bond donors (Lipinski definition) is 1. The third-order valence-electron chi connectivity index (χ3n) is 6.28. The first-order valence-corrected chi connectivity index (χ1v) is 11.8. The van der Waals surface area contributed by atoms with Gasteiger partial charge < -0.3 is 19.5 Å². The molecule has 4 heterocycles. The summed E-state index contributed by atoms with van der Waals surface area (Å²) in [5, 5.41) is 13.1. The zero-order valence-corrected chi connectivity index (χ0v) is 18.8. The number of nitrogens with zero attached hydrogens (tertiary/aromatic N) is 2. The molecule has 3 aliphatic heterocycles. The van der Waals surface area contributed by atoms with Crippen molar-refractivity contribution in [2.75, 3.05) is 39.4 Å². The van der Waals surface area contributed by atoms with E-state index in [0.29, 0.717) is 31.9 Å². The summed E-state index contributed by atoms with van der Waals surface area (Å²) in [6, 6.07) is 8.66. The monoisotopic (exact) mass is 454 g/mol. The third kappa shape index (κ3) is 3.83. The molecule has 32 heavy (non-hydrogen) atoms. The molecule has 5 rings (SSSR count). The highest BCUT2D eigenvalue weighted by Crippen LogP contribution is 2.41. The van der Waals surface area contributed by atoms with Crippen LogP contribution >= 0.6 is 11.3 Å². The molecule has 1 aromatic heterocycles. The van der Waals surface area contributed by atoms with Gasteiger partial charge in [0.25, 0.3) is 11.7 Å². The highest BCUT2D eigenvalue weighted by molar-refractivity contribution is 7.10. The van der Waals surface area contributed by atoms with Crippen molar-refractivity contribution in [2.45, 2.75) is 25.5 Å². The maximum Gasteiger partial charge on any atom is 0.295 e. The van der Waals surface area contributed by atoms with Crippen molar-refractivity contribution < 1.29 is 24.2 Å². The van der Waals surface area contributed by atoms with Gasteiger partial charge in [-0.2, -0.15) is 0 Å². The second kappa shape index (κ2) is 8.69. The summed E-state index contributed by atoms with van der Waals surface area (Å²) in [7, 11) is 0. The standard InChI is InChI=1S/C24H26N2O5S/c1-15-13-17-14-16(4-5-18(17)31-15)22(27)20-21(19-3-2-12-32-19)26(24(29)23(20)28)7-6-25-8-10-30-11-9-25/h2-5,12,14-15,21,27H,6-11,13H2,1H3/t15-,21-/m0/s1. The summed E-state index contributed by atoms with van der Waals surface area (Å²) in [6.07, 6.45) is 0.831. The minimum atomic E-state index is -0.631. The molecule has 2 saturated heterocycles. The van der Waals surface area contributed by atoms with Gasteiger partial charge in [0.05, 0.1) is 24.8 Å². The third-order valence-corrected chi connectivity index (χ3v) is 7.21. The molecule has 1 N–H and O–H groups in total. The van der Waals surface area contributed by atoms with E-state index in [9.17, 15) is 14.7 Å². The number of fused-ring (bicyclic) bond motifs is 1. The van der Waals surface area contributed by atoms with Gasteiger partial charge in [-0.15, -0.1) is 11.3 Å². The summed E-state index contributed by atoms with van der Waals surface area (Å²) in [5.74, 6) is -0.517. The van der Waals surface area contributed by atoms with E-state index in [0.717, 1.165) is 35.7 Å². The van der Waals surface area contributed by atoms with E-state index in [4.69, 9.17) is 9.47 Å². The normalized spacial score (nSPS) is 25.2. The Balaban J connectivity index is 1.49. The quantitative estimate of drug-likeness (QED) is 0.425. The molecule has 7 nitrogen and oxygen atoms in total. The molecule has 2 aromatic rings. The number of ether oxygens (including phenoxy) is 2. The first-order valence-electron chi connectivity index (χ1n) is 10.9. The van der Waals surface area contributed by atoms with Gasteiger partial charge in [0.15, 0.2) is 0 Å². The Kier molecular flexibility index (Phi) is 5.75. The fraction of sp³-hybridized carbons (Fsp3) is 0.417. The lowest BCUT2D eigenvalue weighted by Crippen LogP contribution is -2.42. The minimum Gasteiger partial charge on any atom is -0.507 e. The van der Waals surface area contributed by atoms with Crippen molar-refractivity contribution in [3.8, 4) is 5.75 Å². The SMILES string of the molecule is C[C@H]1Cc2cc(C(O)=C3C(=O)C(=O)N(CCN4CCOCC4)[C@H]3c3cccs3)ccc2O1. The van der Waals surface area contributed by atoms with Crippen molar-refractivity contribution in [3.63, 3.8) is 0 Å². The molecular formula is C24H26N2O5S. The molecule has 1 amide bonds. The van der Waals surface area contributed by atoms with Crippen LogP contribution in [0.5, 0.6) is 5.75 Å². The van der Waals surface area contributed by atoms with Crippen LogP contribution in [0.3, 0.4) is 0 Å².